The van der Waals surface area contributed by atoms with Gasteiger partial charge in [0.2, 0.25) is 0 Å². The van der Waals surface area contributed by atoms with E-state index >= 15 is 0 Å². The van der Waals surface area contributed by atoms with E-state index < -0.39 is 15.1 Å². The topological polar surface area (TPSA) is 0 Å². The van der Waals surface area contributed by atoms with E-state index in [1.807, 2.05) is 0 Å². The Morgan fingerprint density at radius 2 is 1.02 bits per heavy atom. The van der Waals surface area contributed by atoms with Gasteiger partial charge in [-0.25, -0.2) is 0 Å². The van der Waals surface area contributed by atoms with Gasteiger partial charge in [-0.2, -0.15) is 0 Å². The maximum atomic E-state index is 5.69. The Kier molecular flexibility index (Phi) is 6.75. The van der Waals surface area contributed by atoms with Crippen molar-refractivity contribution in [1.82, 2.24) is 0 Å². The average Bonchev–Trinajstić information content (AvgIpc) is 3.64. The number of rotatable bonds is 8. The van der Waals surface area contributed by atoms with E-state index in [9.17, 15) is 0 Å². The van der Waals surface area contributed by atoms with Crippen molar-refractivity contribution in [1.29, 1.82) is 0 Å². The van der Waals surface area contributed by atoms with Crippen LogP contribution in [0.15, 0.2) is 97.1 Å². The van der Waals surface area contributed by atoms with Crippen LogP contribution in [0.25, 0.3) is 34.4 Å². The van der Waals surface area contributed by atoms with Gasteiger partial charge in [-0.1, -0.05) is 0 Å². The standard InChI is InChI=1S/2C18H17.C3H7.3CH3.CH2.Hf/c2*1-13(2)15-8-3-9-16(12-15)18-11-5-7-14-6-4-10-17(14)18;1-3-2;;;;;/h2*3-13H,1-2H3;1,3H2,2H3;3*1H3;1H2;. The van der Waals surface area contributed by atoms with Crippen LogP contribution in [0, 0.1) is 0 Å². The molecule has 4 aromatic carbocycles. The predicted octanol–water partition coefficient (Wildman–Crippen LogP) is 13.3. The molecule has 6 rings (SSSR count). The van der Waals surface area contributed by atoms with Crippen LogP contribution in [0.1, 0.15) is 93.6 Å². The molecule has 1 heteroatoms. The first-order chi connectivity index (χ1) is 20.6. The zero-order chi connectivity index (χ0) is 31.6. The van der Waals surface area contributed by atoms with Crippen LogP contribution in [-0.2, 0) is 15.1 Å². The van der Waals surface area contributed by atoms with Crippen LogP contribution in [0.3, 0.4) is 0 Å². The molecule has 228 valence electrons. The molecular weight excluding hydrogens is 695 g/mol. The molecule has 0 amide bonds. The van der Waals surface area contributed by atoms with Gasteiger partial charge < -0.3 is 0 Å². The molecule has 0 fully saturated rings. The number of benzene rings is 4. The van der Waals surface area contributed by atoms with Gasteiger partial charge in [-0.3, -0.25) is 0 Å². The molecular formula is C43H52Hf. The van der Waals surface area contributed by atoms with Crippen molar-refractivity contribution in [3.63, 3.8) is 0 Å². The van der Waals surface area contributed by atoms with E-state index in [0.717, 1.165) is 10.6 Å². The van der Waals surface area contributed by atoms with Crippen molar-refractivity contribution in [2.24, 2.45) is 0 Å². The van der Waals surface area contributed by atoms with Crippen molar-refractivity contribution in [3.05, 3.63) is 130 Å². The Balaban J connectivity index is 1.53. The second-order valence-electron chi connectivity index (χ2n) is 18.2. The summed E-state index contributed by atoms with van der Waals surface area (Å²) in [6, 6.07) is 32.4. The Labute approximate surface area is 261 Å². The number of hydrogen-bond donors (Lipinski definition) is 0. The molecule has 0 aliphatic heterocycles. The fourth-order valence-corrected chi connectivity index (χ4v) is 42.5. The Hall–Kier alpha value is -2.90. The van der Waals surface area contributed by atoms with Gasteiger partial charge in [0, 0.05) is 0 Å². The Morgan fingerprint density at radius 1 is 0.614 bits per heavy atom. The van der Waals surface area contributed by atoms with Gasteiger partial charge in [0.1, 0.15) is 0 Å². The van der Waals surface area contributed by atoms with Gasteiger partial charge in [-0.15, -0.1) is 0 Å². The van der Waals surface area contributed by atoms with Crippen LogP contribution in [-0.4, -0.2) is 4.26 Å². The van der Waals surface area contributed by atoms with E-state index in [1.54, 1.807) is 0 Å². The Morgan fingerprint density at radius 3 is 1.41 bits per heavy atom. The normalized spacial score (nSPS) is 19.8. The second-order valence-corrected chi connectivity index (χ2v) is 71.8. The van der Waals surface area contributed by atoms with Crippen molar-refractivity contribution in [2.45, 2.75) is 78.4 Å². The summed E-state index contributed by atoms with van der Waals surface area (Å²) in [5.41, 5.74) is 13.8. The number of fused-ring (bicyclic) bond motifs is 2. The molecule has 0 N–H and O–H groups in total. The summed E-state index contributed by atoms with van der Waals surface area (Å²) in [6.45, 7) is 11.5. The molecule has 0 aromatic heterocycles. The number of hydrogen-bond acceptors (Lipinski definition) is 0. The van der Waals surface area contributed by atoms with Gasteiger partial charge >= 0.3 is 263 Å². The first kappa shape index (κ1) is 31.1. The molecule has 0 radical (unpaired) electrons. The summed E-state index contributed by atoms with van der Waals surface area (Å²) in [5, 5.41) is 0. The third kappa shape index (κ3) is 4.68. The molecule has 4 aromatic rings. The fourth-order valence-electron chi connectivity index (χ4n) is 9.54. The van der Waals surface area contributed by atoms with E-state index in [-0.39, 0.29) is 0 Å². The molecule has 44 heavy (non-hydrogen) atoms. The van der Waals surface area contributed by atoms with E-state index in [1.165, 1.54) is 55.6 Å². The quantitative estimate of drug-likeness (QED) is 0.158. The van der Waals surface area contributed by atoms with Gasteiger partial charge in [-0.05, 0) is 0 Å². The molecule has 0 saturated heterocycles. The molecule has 2 aliphatic rings. The molecule has 2 aliphatic carbocycles. The third-order valence-electron chi connectivity index (χ3n) is 12.2. The first-order valence-corrected chi connectivity index (χ1v) is 37.0. The average molecular weight is 747 g/mol. The summed E-state index contributed by atoms with van der Waals surface area (Å²) in [4.78, 5) is 0. The summed E-state index contributed by atoms with van der Waals surface area (Å²) in [5.74, 6) is 1.01. The summed E-state index contributed by atoms with van der Waals surface area (Å²) in [6.07, 6.45) is 11.1. The molecule has 0 heterocycles. The van der Waals surface area contributed by atoms with E-state index in [0.29, 0.717) is 19.2 Å². The second kappa shape index (κ2) is 9.56. The van der Waals surface area contributed by atoms with Gasteiger partial charge in [0.05, 0.1) is 0 Å². The van der Waals surface area contributed by atoms with Crippen molar-refractivity contribution in [2.75, 3.05) is 0 Å². The summed E-state index contributed by atoms with van der Waals surface area (Å²) in [7, 11) is 0. The van der Waals surface area contributed by atoms with Crippen LogP contribution >= 0.6 is 0 Å². The summed E-state index contributed by atoms with van der Waals surface area (Å²) < 4.78 is 15.5. The molecule has 0 saturated carbocycles. The molecule has 0 bridgehead atoms. The van der Waals surface area contributed by atoms with Crippen LogP contribution in [0.2, 0.25) is 18.2 Å². The fraction of sp³-hybridized carbons (Fsp3) is 0.326. The minimum atomic E-state index is -5.17. The van der Waals surface area contributed by atoms with Crippen molar-refractivity contribution >= 4 is 16.4 Å². The Bertz CT molecular complexity index is 1840. The SMILES string of the molecule is [CH2]=[Hf]([CH3])([CH3])([CH3])([CH2]CC)([CH]1C=Cc2c(-c3cccc(C(C)C)c3)cccc21)[CH]1C=Cc2c(-c3cccc(C(C)C)c3)cccc21. The third-order valence-corrected chi connectivity index (χ3v) is 48.6. The van der Waals surface area contributed by atoms with Crippen LogP contribution in [0.5, 0.6) is 0 Å². The van der Waals surface area contributed by atoms with Gasteiger partial charge in [0.25, 0.3) is 0 Å². The van der Waals surface area contributed by atoms with E-state index in [4.69, 9.17) is 4.26 Å². The molecule has 2 unspecified atom stereocenters. The van der Waals surface area contributed by atoms with Crippen LogP contribution in [0.4, 0.5) is 0 Å². The van der Waals surface area contributed by atoms with Crippen molar-refractivity contribution in [3.8, 4) is 22.3 Å². The zero-order valence-electron chi connectivity index (χ0n) is 28.3. The minimum absolute atomic E-state index is 0.302. The molecule has 0 spiro atoms. The predicted molar refractivity (Wildman–Crippen MR) is 195 cm³/mol. The van der Waals surface area contributed by atoms with Crippen molar-refractivity contribution < 1.29 is 15.1 Å². The maximum absolute atomic E-state index is 5.69. The number of allylic oxidation sites excluding steroid dienone is 2. The van der Waals surface area contributed by atoms with Crippen LogP contribution < -0.4 is 0 Å². The first-order valence-electron chi connectivity index (χ1n) is 17.0. The summed E-state index contributed by atoms with van der Waals surface area (Å²) >= 11 is -5.17. The monoisotopic (exact) mass is 748 g/mol. The molecule has 2 atom stereocenters. The van der Waals surface area contributed by atoms with Gasteiger partial charge in [0.15, 0.2) is 0 Å². The molecule has 0 nitrogen and oxygen atoms in total. The zero-order valence-corrected chi connectivity index (χ0v) is 31.9. The van der Waals surface area contributed by atoms with E-state index in [2.05, 4.69) is 158 Å².